The highest BCUT2D eigenvalue weighted by Gasteiger charge is 2.19. The van der Waals surface area contributed by atoms with Gasteiger partial charge in [-0.1, -0.05) is 65.7 Å². The lowest BCUT2D eigenvalue weighted by atomic mass is 10.1. The Balaban J connectivity index is 2.64. The Morgan fingerprint density at radius 2 is 1.62 bits per heavy atom. The van der Waals surface area contributed by atoms with Crippen LogP contribution < -0.4 is 4.74 Å². The van der Waals surface area contributed by atoms with Crippen LogP contribution in [-0.4, -0.2) is 50.0 Å². The van der Waals surface area contributed by atoms with Crippen LogP contribution in [0.15, 0.2) is 18.2 Å². The summed E-state index contributed by atoms with van der Waals surface area (Å²) in [6, 6.07) is 3.92. The molecule has 34 heavy (non-hydrogen) atoms. The van der Waals surface area contributed by atoms with E-state index in [0.717, 1.165) is 45.1 Å². The van der Waals surface area contributed by atoms with Crippen LogP contribution in [0.3, 0.4) is 0 Å². The molecule has 8 heteroatoms. The van der Waals surface area contributed by atoms with Crippen molar-refractivity contribution in [1.29, 1.82) is 0 Å². The van der Waals surface area contributed by atoms with Gasteiger partial charge in [0.05, 0.1) is 36.9 Å². The third-order valence-corrected chi connectivity index (χ3v) is 5.40. The number of benzene rings is 1. The molecule has 0 bridgehead atoms. The number of nitro groups is 1. The first-order chi connectivity index (χ1) is 16.5. The van der Waals surface area contributed by atoms with Gasteiger partial charge < -0.3 is 18.9 Å². The number of ether oxygens (including phenoxy) is 4. The number of non-ortho nitro benzene ring substituents is 1. The number of hydrogen-bond acceptors (Lipinski definition) is 7. The van der Waals surface area contributed by atoms with E-state index in [2.05, 4.69) is 13.8 Å². The second-order valence-electron chi connectivity index (χ2n) is 8.40. The Bertz CT molecular complexity index is 696. The van der Waals surface area contributed by atoms with Crippen LogP contribution in [0.1, 0.15) is 95.3 Å². The van der Waals surface area contributed by atoms with Gasteiger partial charge in [0, 0.05) is 12.7 Å². The van der Waals surface area contributed by atoms with E-state index < -0.39 is 10.9 Å². The maximum Gasteiger partial charge on any atom is 0.341 e. The number of esters is 1. The normalized spacial score (nSPS) is 11.9. The zero-order valence-electron chi connectivity index (χ0n) is 21.2. The Morgan fingerprint density at radius 3 is 2.32 bits per heavy atom. The standard InChI is InChI=1S/C26H43NO7/c1-4-7-10-11-12-13-23(21-31-16-8-5-2)32-18-19-33-25-20-22(27(29)30)14-15-24(25)26(28)34-17-9-6-3/h14-15,20,23H,4-13,16-19,21H2,1-3H3. The molecule has 0 saturated heterocycles. The van der Waals surface area contributed by atoms with Crippen LogP contribution in [0.5, 0.6) is 5.75 Å². The van der Waals surface area contributed by atoms with Gasteiger partial charge in [0.1, 0.15) is 17.9 Å². The number of hydrogen-bond donors (Lipinski definition) is 0. The number of unbranched alkanes of at least 4 members (excludes halogenated alkanes) is 6. The second kappa shape index (κ2) is 19.2. The van der Waals surface area contributed by atoms with Crippen LogP contribution in [0.2, 0.25) is 0 Å². The summed E-state index contributed by atoms with van der Waals surface area (Å²) < 4.78 is 22.8. The van der Waals surface area contributed by atoms with Crippen LogP contribution in [0, 0.1) is 10.1 Å². The first-order valence-electron chi connectivity index (χ1n) is 12.8. The van der Waals surface area contributed by atoms with Gasteiger partial charge in [-0.3, -0.25) is 10.1 Å². The molecule has 0 aliphatic heterocycles. The number of carbonyl (C=O) groups excluding carboxylic acids is 1. The lowest BCUT2D eigenvalue weighted by molar-refractivity contribution is -0.384. The minimum absolute atomic E-state index is 0.0225. The highest BCUT2D eigenvalue weighted by Crippen LogP contribution is 2.26. The van der Waals surface area contributed by atoms with E-state index in [4.69, 9.17) is 18.9 Å². The third-order valence-electron chi connectivity index (χ3n) is 5.40. The quantitative estimate of drug-likeness (QED) is 0.0856. The minimum atomic E-state index is -0.548. The van der Waals surface area contributed by atoms with E-state index in [-0.39, 0.29) is 29.7 Å². The summed E-state index contributed by atoms with van der Waals surface area (Å²) >= 11 is 0. The largest absolute Gasteiger partial charge is 0.490 e. The molecule has 194 valence electrons. The van der Waals surface area contributed by atoms with Crippen molar-refractivity contribution in [3.8, 4) is 5.75 Å². The van der Waals surface area contributed by atoms with E-state index >= 15 is 0 Å². The summed E-state index contributed by atoms with van der Waals surface area (Å²) in [4.78, 5) is 23.1. The van der Waals surface area contributed by atoms with Crippen molar-refractivity contribution < 1.29 is 28.7 Å². The molecule has 0 heterocycles. The molecular formula is C26H43NO7. The van der Waals surface area contributed by atoms with Gasteiger partial charge in [-0.15, -0.1) is 0 Å². The summed E-state index contributed by atoms with van der Waals surface area (Å²) in [6.07, 6.45) is 10.6. The molecule has 0 aliphatic carbocycles. The van der Waals surface area contributed by atoms with Crippen molar-refractivity contribution in [2.75, 3.05) is 33.0 Å². The lowest BCUT2D eigenvalue weighted by Crippen LogP contribution is -2.23. The molecule has 8 nitrogen and oxygen atoms in total. The summed E-state index contributed by atoms with van der Waals surface area (Å²) in [6.45, 7) is 8.35. The molecule has 0 aromatic heterocycles. The summed E-state index contributed by atoms with van der Waals surface area (Å²) in [7, 11) is 0. The van der Waals surface area contributed by atoms with Crippen molar-refractivity contribution in [3.05, 3.63) is 33.9 Å². The van der Waals surface area contributed by atoms with E-state index in [1.807, 2.05) is 6.92 Å². The SMILES string of the molecule is CCCCCCCC(COCCCC)OCCOc1cc([N+](=O)[O-])ccc1C(=O)OCCCC. The molecule has 0 spiro atoms. The van der Waals surface area contributed by atoms with Gasteiger partial charge >= 0.3 is 5.97 Å². The molecule has 1 aromatic carbocycles. The Labute approximate surface area is 204 Å². The molecule has 0 amide bonds. The Hall–Kier alpha value is -2.19. The molecule has 1 rings (SSSR count). The molecule has 0 N–H and O–H groups in total. The van der Waals surface area contributed by atoms with Gasteiger partial charge in [-0.05, 0) is 25.3 Å². The van der Waals surface area contributed by atoms with Gasteiger partial charge in [-0.25, -0.2) is 4.79 Å². The maximum absolute atomic E-state index is 12.4. The molecule has 0 saturated carbocycles. The zero-order chi connectivity index (χ0) is 25.0. The van der Waals surface area contributed by atoms with Crippen molar-refractivity contribution in [2.45, 2.75) is 91.1 Å². The fraction of sp³-hybridized carbons (Fsp3) is 0.731. The average molecular weight is 482 g/mol. The van der Waals surface area contributed by atoms with Crippen LogP contribution in [0.25, 0.3) is 0 Å². The Kier molecular flexibility index (Phi) is 16.8. The van der Waals surface area contributed by atoms with Crippen LogP contribution >= 0.6 is 0 Å². The van der Waals surface area contributed by atoms with Crippen LogP contribution in [0.4, 0.5) is 5.69 Å². The molecule has 0 aliphatic rings. The second-order valence-corrected chi connectivity index (χ2v) is 8.40. The summed E-state index contributed by atoms with van der Waals surface area (Å²) in [5, 5.41) is 11.2. The summed E-state index contributed by atoms with van der Waals surface area (Å²) in [5.74, 6) is -0.414. The fourth-order valence-corrected chi connectivity index (χ4v) is 3.32. The topological polar surface area (TPSA) is 97.1 Å². The Morgan fingerprint density at radius 1 is 0.912 bits per heavy atom. The highest BCUT2D eigenvalue weighted by molar-refractivity contribution is 5.93. The molecule has 0 radical (unpaired) electrons. The predicted molar refractivity (Wildman–Crippen MR) is 133 cm³/mol. The predicted octanol–water partition coefficient (Wildman–Crippen LogP) is 6.49. The average Bonchev–Trinajstić information content (AvgIpc) is 2.83. The van der Waals surface area contributed by atoms with Gasteiger partial charge in [0.2, 0.25) is 0 Å². The number of carbonyl (C=O) groups is 1. The monoisotopic (exact) mass is 481 g/mol. The van der Waals surface area contributed by atoms with Crippen molar-refractivity contribution in [1.82, 2.24) is 0 Å². The number of nitro benzene ring substituents is 1. The third kappa shape index (κ3) is 12.9. The summed E-state index contributed by atoms with van der Waals surface area (Å²) in [5.41, 5.74) is 0.0346. The maximum atomic E-state index is 12.4. The van der Waals surface area contributed by atoms with E-state index in [1.54, 1.807) is 0 Å². The van der Waals surface area contributed by atoms with E-state index in [0.29, 0.717) is 19.8 Å². The van der Waals surface area contributed by atoms with Gasteiger partial charge in [0.25, 0.3) is 5.69 Å². The number of nitrogens with zero attached hydrogens (tertiary/aromatic N) is 1. The van der Waals surface area contributed by atoms with Gasteiger partial charge in [-0.2, -0.15) is 0 Å². The van der Waals surface area contributed by atoms with Crippen molar-refractivity contribution in [2.24, 2.45) is 0 Å². The smallest absolute Gasteiger partial charge is 0.341 e. The fourth-order valence-electron chi connectivity index (χ4n) is 3.32. The van der Waals surface area contributed by atoms with Crippen LogP contribution in [-0.2, 0) is 14.2 Å². The first kappa shape index (κ1) is 29.8. The lowest BCUT2D eigenvalue weighted by Gasteiger charge is -2.19. The van der Waals surface area contributed by atoms with E-state index in [9.17, 15) is 14.9 Å². The first-order valence-corrected chi connectivity index (χ1v) is 12.8. The molecule has 1 unspecified atom stereocenters. The van der Waals surface area contributed by atoms with Gasteiger partial charge in [0.15, 0.2) is 0 Å². The molecular weight excluding hydrogens is 438 g/mol. The number of rotatable bonds is 21. The van der Waals surface area contributed by atoms with Crippen molar-refractivity contribution in [3.63, 3.8) is 0 Å². The van der Waals surface area contributed by atoms with Crippen molar-refractivity contribution >= 4 is 11.7 Å². The van der Waals surface area contributed by atoms with E-state index in [1.165, 1.54) is 43.9 Å². The highest BCUT2D eigenvalue weighted by atomic mass is 16.6. The molecule has 0 fully saturated rings. The zero-order valence-corrected chi connectivity index (χ0v) is 21.2. The molecule has 1 atom stereocenters. The minimum Gasteiger partial charge on any atom is -0.490 e. The molecule has 1 aromatic rings.